The third-order valence-corrected chi connectivity index (χ3v) is 3.23. The third kappa shape index (κ3) is 2.86. The lowest BCUT2D eigenvalue weighted by Gasteiger charge is -2.16. The van der Waals surface area contributed by atoms with Crippen molar-refractivity contribution in [3.05, 3.63) is 58.4 Å². The maximum atomic E-state index is 13.9. The molecule has 2 aromatic carbocycles. The van der Waals surface area contributed by atoms with E-state index in [9.17, 15) is 9.50 Å². The topological polar surface area (TPSA) is 38.7 Å². The van der Waals surface area contributed by atoms with Crippen molar-refractivity contribution in [2.75, 3.05) is 14.2 Å². The van der Waals surface area contributed by atoms with Crippen molar-refractivity contribution in [1.29, 1.82) is 0 Å². The summed E-state index contributed by atoms with van der Waals surface area (Å²) in [4.78, 5) is 0. The van der Waals surface area contributed by atoms with Crippen molar-refractivity contribution < 1.29 is 19.0 Å². The molecule has 3 nitrogen and oxygen atoms in total. The highest BCUT2D eigenvalue weighted by Crippen LogP contribution is 2.34. The first-order valence-corrected chi connectivity index (χ1v) is 6.29. The highest BCUT2D eigenvalue weighted by atomic mass is 35.5. The maximum Gasteiger partial charge on any atom is 0.130 e. The number of hydrogen-bond acceptors (Lipinski definition) is 3. The summed E-state index contributed by atoms with van der Waals surface area (Å²) in [6.45, 7) is 0. The second kappa shape index (κ2) is 6.11. The molecular weight excluding hydrogens is 283 g/mol. The summed E-state index contributed by atoms with van der Waals surface area (Å²) in [6, 6.07) is 9.08. The van der Waals surface area contributed by atoms with Crippen LogP contribution in [0.3, 0.4) is 0 Å². The maximum absolute atomic E-state index is 13.9. The minimum Gasteiger partial charge on any atom is -0.497 e. The molecular formula is C15H14ClFO3. The van der Waals surface area contributed by atoms with Crippen LogP contribution < -0.4 is 9.47 Å². The molecule has 0 bridgehead atoms. The van der Waals surface area contributed by atoms with Crippen molar-refractivity contribution in [2.45, 2.75) is 6.10 Å². The van der Waals surface area contributed by atoms with Crippen molar-refractivity contribution in [3.63, 3.8) is 0 Å². The molecule has 0 heterocycles. The molecule has 0 aliphatic heterocycles. The fourth-order valence-electron chi connectivity index (χ4n) is 1.94. The average Bonchev–Trinajstić information content (AvgIpc) is 2.46. The lowest BCUT2D eigenvalue weighted by atomic mass is 10.00. The molecule has 0 amide bonds. The Morgan fingerprint density at radius 1 is 1.05 bits per heavy atom. The zero-order valence-corrected chi connectivity index (χ0v) is 11.8. The van der Waals surface area contributed by atoms with Gasteiger partial charge in [-0.1, -0.05) is 17.7 Å². The molecule has 2 aromatic rings. The zero-order valence-electron chi connectivity index (χ0n) is 11.1. The molecule has 2 rings (SSSR count). The van der Waals surface area contributed by atoms with Gasteiger partial charge in [0.05, 0.1) is 14.2 Å². The fraction of sp³-hybridized carbons (Fsp3) is 0.200. The largest absolute Gasteiger partial charge is 0.497 e. The van der Waals surface area contributed by atoms with Gasteiger partial charge in [-0.2, -0.15) is 0 Å². The van der Waals surface area contributed by atoms with Crippen LogP contribution in [0.4, 0.5) is 4.39 Å². The predicted octanol–water partition coefficient (Wildman–Crippen LogP) is 3.58. The van der Waals surface area contributed by atoms with Crippen LogP contribution in [0.1, 0.15) is 17.2 Å². The van der Waals surface area contributed by atoms with E-state index in [1.165, 1.54) is 26.4 Å². The fourth-order valence-corrected chi connectivity index (χ4v) is 2.09. The molecule has 0 fully saturated rings. The molecule has 5 heteroatoms. The van der Waals surface area contributed by atoms with E-state index in [4.69, 9.17) is 21.1 Å². The van der Waals surface area contributed by atoms with Crippen LogP contribution in [0.5, 0.6) is 11.5 Å². The molecule has 0 spiro atoms. The zero-order chi connectivity index (χ0) is 14.7. The number of rotatable bonds is 4. The van der Waals surface area contributed by atoms with E-state index in [0.29, 0.717) is 17.1 Å². The molecule has 1 unspecified atom stereocenters. The average molecular weight is 297 g/mol. The molecule has 20 heavy (non-hydrogen) atoms. The number of halogens is 2. The Morgan fingerprint density at radius 2 is 1.75 bits per heavy atom. The van der Waals surface area contributed by atoms with Crippen molar-refractivity contribution in [3.8, 4) is 11.5 Å². The molecule has 0 aliphatic rings. The lowest BCUT2D eigenvalue weighted by molar-refractivity contribution is 0.209. The lowest BCUT2D eigenvalue weighted by Crippen LogP contribution is -2.05. The molecule has 1 atom stereocenters. The predicted molar refractivity (Wildman–Crippen MR) is 75.0 cm³/mol. The summed E-state index contributed by atoms with van der Waals surface area (Å²) < 4.78 is 24.1. The van der Waals surface area contributed by atoms with Gasteiger partial charge in [0.15, 0.2) is 0 Å². The molecule has 0 radical (unpaired) electrons. The van der Waals surface area contributed by atoms with Crippen LogP contribution >= 0.6 is 11.6 Å². The van der Waals surface area contributed by atoms with Crippen LogP contribution in [0.15, 0.2) is 36.4 Å². The summed E-state index contributed by atoms with van der Waals surface area (Å²) in [5.74, 6) is 0.448. The second-order valence-electron chi connectivity index (χ2n) is 4.18. The van der Waals surface area contributed by atoms with Crippen molar-refractivity contribution >= 4 is 11.6 Å². The van der Waals surface area contributed by atoms with Gasteiger partial charge in [0.25, 0.3) is 0 Å². The number of aliphatic hydroxyl groups is 1. The Labute approximate surface area is 121 Å². The first kappa shape index (κ1) is 14.6. The van der Waals surface area contributed by atoms with Gasteiger partial charge in [-0.25, -0.2) is 4.39 Å². The molecule has 0 aromatic heterocycles. The van der Waals surface area contributed by atoms with Gasteiger partial charge in [0.2, 0.25) is 0 Å². The Hall–Kier alpha value is -1.78. The van der Waals surface area contributed by atoms with Gasteiger partial charge in [0.1, 0.15) is 23.4 Å². The van der Waals surface area contributed by atoms with Crippen LogP contribution in [-0.4, -0.2) is 19.3 Å². The molecule has 1 N–H and O–H groups in total. The van der Waals surface area contributed by atoms with Gasteiger partial charge < -0.3 is 14.6 Å². The van der Waals surface area contributed by atoms with E-state index in [1.54, 1.807) is 18.2 Å². The molecule has 0 saturated carbocycles. The highest BCUT2D eigenvalue weighted by molar-refractivity contribution is 6.30. The monoisotopic (exact) mass is 296 g/mol. The number of hydrogen-bond donors (Lipinski definition) is 1. The minimum atomic E-state index is -1.15. The standard InChI is InChI=1S/C15H14ClFO3/c1-19-10-4-6-12(14(8-10)20-2)15(18)11-5-3-9(16)7-13(11)17/h3-8,15,18H,1-2H3. The van der Waals surface area contributed by atoms with Crippen molar-refractivity contribution in [2.24, 2.45) is 0 Å². The van der Waals surface area contributed by atoms with Crippen LogP contribution in [0, 0.1) is 5.82 Å². The molecule has 0 saturated heterocycles. The van der Waals surface area contributed by atoms with E-state index in [1.807, 2.05) is 0 Å². The Morgan fingerprint density at radius 3 is 2.35 bits per heavy atom. The first-order valence-electron chi connectivity index (χ1n) is 5.91. The quantitative estimate of drug-likeness (QED) is 0.937. The summed E-state index contributed by atoms with van der Waals surface area (Å²) in [5.41, 5.74) is 0.590. The Bertz CT molecular complexity index is 616. The highest BCUT2D eigenvalue weighted by Gasteiger charge is 2.19. The Kier molecular flexibility index (Phi) is 4.47. The minimum absolute atomic E-state index is 0.137. The third-order valence-electron chi connectivity index (χ3n) is 2.99. The Balaban J connectivity index is 2.44. The number of ether oxygens (including phenoxy) is 2. The summed E-state index contributed by atoms with van der Waals surface area (Å²) in [7, 11) is 3.01. The van der Waals surface area contributed by atoms with E-state index < -0.39 is 11.9 Å². The number of methoxy groups -OCH3 is 2. The van der Waals surface area contributed by atoms with Gasteiger partial charge in [-0.15, -0.1) is 0 Å². The summed E-state index contributed by atoms with van der Waals surface area (Å²) in [6.07, 6.45) is -1.15. The normalized spacial score (nSPS) is 12.1. The van der Waals surface area contributed by atoms with Crippen LogP contribution in [0.2, 0.25) is 5.02 Å². The smallest absolute Gasteiger partial charge is 0.130 e. The first-order chi connectivity index (χ1) is 9.56. The van der Waals surface area contributed by atoms with Gasteiger partial charge in [-0.05, 0) is 24.3 Å². The summed E-state index contributed by atoms with van der Waals surface area (Å²) in [5, 5.41) is 10.6. The van der Waals surface area contributed by atoms with E-state index >= 15 is 0 Å². The number of aliphatic hydroxyl groups excluding tert-OH is 1. The van der Waals surface area contributed by atoms with Crippen molar-refractivity contribution in [1.82, 2.24) is 0 Å². The van der Waals surface area contributed by atoms with Gasteiger partial charge >= 0.3 is 0 Å². The van der Waals surface area contributed by atoms with E-state index in [2.05, 4.69) is 0 Å². The number of benzene rings is 2. The van der Waals surface area contributed by atoms with E-state index in [0.717, 1.165) is 6.07 Å². The molecule has 106 valence electrons. The van der Waals surface area contributed by atoms with Crippen LogP contribution in [-0.2, 0) is 0 Å². The van der Waals surface area contributed by atoms with Gasteiger partial charge in [-0.3, -0.25) is 0 Å². The second-order valence-corrected chi connectivity index (χ2v) is 4.61. The van der Waals surface area contributed by atoms with Crippen LogP contribution in [0.25, 0.3) is 0 Å². The van der Waals surface area contributed by atoms with Gasteiger partial charge in [0, 0.05) is 22.2 Å². The molecule has 0 aliphatic carbocycles. The SMILES string of the molecule is COc1ccc(C(O)c2ccc(Cl)cc2F)c(OC)c1. The summed E-state index contributed by atoms with van der Waals surface area (Å²) >= 11 is 5.70. The van der Waals surface area contributed by atoms with E-state index in [-0.39, 0.29) is 10.6 Å².